The van der Waals surface area contributed by atoms with E-state index in [0.717, 1.165) is 57.8 Å². The summed E-state index contributed by atoms with van der Waals surface area (Å²) in [7, 11) is 0. The molecule has 484 valence electrons. The second-order valence-corrected chi connectivity index (χ2v) is 25.6. The van der Waals surface area contributed by atoms with Crippen LogP contribution in [0, 0.1) is 0 Å². The normalized spacial score (nSPS) is 12.1. The Hall–Kier alpha value is -2.11. The fraction of sp³-hybridized carbons (Fsp3) is 0.908. The lowest BCUT2D eigenvalue weighted by atomic mass is 10.0. The molecule has 0 bridgehead atoms. The first kappa shape index (κ1) is 79.9. The zero-order chi connectivity index (χ0) is 59.2. The van der Waals surface area contributed by atoms with Gasteiger partial charge in [0.05, 0.1) is 0 Å². The predicted molar refractivity (Wildman–Crippen MR) is 358 cm³/mol. The maximum atomic E-state index is 13.0. The van der Waals surface area contributed by atoms with Crippen molar-refractivity contribution in [2.75, 3.05) is 13.2 Å². The quantitative estimate of drug-likeness (QED) is 0.0261. The van der Waals surface area contributed by atoms with Crippen LogP contribution in [0.1, 0.15) is 425 Å². The molecule has 0 saturated carbocycles. The van der Waals surface area contributed by atoms with Crippen molar-refractivity contribution in [3.8, 4) is 0 Å². The Morgan fingerprint density at radius 1 is 0.232 bits per heavy atom. The second-order valence-electron chi connectivity index (χ2n) is 25.6. The Labute approximate surface area is 513 Å². The lowest BCUT2D eigenvalue weighted by Gasteiger charge is -2.18. The highest BCUT2D eigenvalue weighted by Gasteiger charge is 2.20. The van der Waals surface area contributed by atoms with Crippen LogP contribution < -0.4 is 0 Å². The summed E-state index contributed by atoms with van der Waals surface area (Å²) in [6, 6.07) is 0. The first-order chi connectivity index (χ1) is 40.5. The van der Waals surface area contributed by atoms with Crippen molar-refractivity contribution in [3.63, 3.8) is 0 Å². The van der Waals surface area contributed by atoms with E-state index < -0.39 is 6.10 Å². The Balaban J connectivity index is 4.25. The number of allylic oxidation sites excluding steroid dienone is 4. The minimum absolute atomic E-state index is 0.0661. The third-order valence-electron chi connectivity index (χ3n) is 17.2. The summed E-state index contributed by atoms with van der Waals surface area (Å²) in [6.07, 6.45) is 87.9. The van der Waals surface area contributed by atoms with E-state index in [4.69, 9.17) is 14.2 Å². The van der Waals surface area contributed by atoms with Crippen LogP contribution in [0.15, 0.2) is 24.3 Å². The SMILES string of the molecule is CCCCCCCC/C=C\CCCCCCCCCC(=O)OCC(COC(=O)CCCCCCCCCCCCCCCCC/C=C\CCCCCCCCCC)OC(=O)CCCCCCCCCCCCCCCCCCCCCC. The molecule has 1 atom stereocenters. The number of carbonyl (C=O) groups excluding carboxylic acids is 3. The molecule has 0 amide bonds. The average Bonchev–Trinajstić information content (AvgIpc) is 3.47. The Morgan fingerprint density at radius 3 is 0.610 bits per heavy atom. The minimum Gasteiger partial charge on any atom is -0.462 e. The van der Waals surface area contributed by atoms with Gasteiger partial charge in [-0.2, -0.15) is 0 Å². The molecule has 0 heterocycles. The molecule has 6 heteroatoms. The standard InChI is InChI=1S/C76H144O6/c1-4-7-10-13-16-19-22-25-28-31-33-35-36-37-38-39-40-41-43-45-48-51-54-57-60-63-66-69-75(78)81-72-73(71-80-74(77)68-65-62-59-56-53-50-47-44-30-27-24-21-18-15-12-9-6-3)82-76(79)70-67-64-61-58-55-52-49-46-42-34-32-29-26-23-20-17-14-11-8-5-2/h27,30-31,33,73H,4-26,28-29,32,34-72H2,1-3H3/b30-27-,33-31-. The van der Waals surface area contributed by atoms with Crippen molar-refractivity contribution in [2.45, 2.75) is 431 Å². The van der Waals surface area contributed by atoms with E-state index in [1.165, 1.54) is 327 Å². The second kappa shape index (κ2) is 71.4. The van der Waals surface area contributed by atoms with Gasteiger partial charge in [-0.15, -0.1) is 0 Å². The maximum absolute atomic E-state index is 13.0. The molecule has 0 saturated heterocycles. The van der Waals surface area contributed by atoms with Gasteiger partial charge in [0, 0.05) is 19.3 Å². The molecule has 0 fully saturated rings. The lowest BCUT2D eigenvalue weighted by molar-refractivity contribution is -0.167. The van der Waals surface area contributed by atoms with Gasteiger partial charge in [0.25, 0.3) is 0 Å². The van der Waals surface area contributed by atoms with Crippen LogP contribution in [0.3, 0.4) is 0 Å². The number of hydrogen-bond donors (Lipinski definition) is 0. The zero-order valence-corrected chi connectivity index (χ0v) is 55.8. The number of unbranched alkanes of at least 4 members (excludes halogenated alkanes) is 55. The van der Waals surface area contributed by atoms with Gasteiger partial charge < -0.3 is 14.2 Å². The highest BCUT2D eigenvalue weighted by molar-refractivity contribution is 5.71. The van der Waals surface area contributed by atoms with Gasteiger partial charge >= 0.3 is 17.9 Å². The van der Waals surface area contributed by atoms with E-state index in [9.17, 15) is 14.4 Å². The summed E-state index contributed by atoms with van der Waals surface area (Å²) < 4.78 is 17.0. The molecule has 0 aromatic rings. The third-order valence-corrected chi connectivity index (χ3v) is 17.2. The van der Waals surface area contributed by atoms with Crippen LogP contribution in [-0.2, 0) is 28.6 Å². The molecule has 0 aliphatic heterocycles. The fourth-order valence-corrected chi connectivity index (χ4v) is 11.6. The summed E-state index contributed by atoms with van der Waals surface area (Å²) in [5.74, 6) is -0.834. The minimum atomic E-state index is -0.771. The van der Waals surface area contributed by atoms with E-state index in [1.54, 1.807) is 0 Å². The molecule has 6 nitrogen and oxygen atoms in total. The van der Waals surface area contributed by atoms with Gasteiger partial charge in [-0.05, 0) is 70.6 Å². The predicted octanol–water partition coefficient (Wildman–Crippen LogP) is 25.7. The van der Waals surface area contributed by atoms with Gasteiger partial charge in [0.2, 0.25) is 0 Å². The summed E-state index contributed by atoms with van der Waals surface area (Å²) in [6.45, 7) is 6.73. The number of carbonyl (C=O) groups is 3. The van der Waals surface area contributed by atoms with Crippen LogP contribution in [0.25, 0.3) is 0 Å². The highest BCUT2D eigenvalue weighted by Crippen LogP contribution is 2.19. The van der Waals surface area contributed by atoms with E-state index >= 15 is 0 Å². The largest absolute Gasteiger partial charge is 0.462 e. The molecule has 0 rings (SSSR count). The summed E-state index contributed by atoms with van der Waals surface area (Å²) >= 11 is 0. The Morgan fingerprint density at radius 2 is 0.402 bits per heavy atom. The van der Waals surface area contributed by atoms with Crippen LogP contribution in [0.2, 0.25) is 0 Å². The van der Waals surface area contributed by atoms with Crippen molar-refractivity contribution < 1.29 is 28.6 Å². The number of ether oxygens (including phenoxy) is 3. The number of rotatable bonds is 70. The average molecular weight is 1150 g/mol. The molecule has 0 radical (unpaired) electrons. The molecule has 82 heavy (non-hydrogen) atoms. The third kappa shape index (κ3) is 68.7. The van der Waals surface area contributed by atoms with E-state index in [1.807, 2.05) is 0 Å². The van der Waals surface area contributed by atoms with Gasteiger partial charge in [0.1, 0.15) is 13.2 Å². The van der Waals surface area contributed by atoms with Crippen LogP contribution in [0.4, 0.5) is 0 Å². The first-order valence-corrected chi connectivity index (χ1v) is 37.3. The number of esters is 3. The van der Waals surface area contributed by atoms with Crippen LogP contribution >= 0.6 is 0 Å². The number of hydrogen-bond acceptors (Lipinski definition) is 6. The molecule has 1 unspecified atom stereocenters. The topological polar surface area (TPSA) is 78.9 Å². The Kier molecular flexibility index (Phi) is 69.5. The van der Waals surface area contributed by atoms with Crippen molar-refractivity contribution in [2.24, 2.45) is 0 Å². The highest BCUT2D eigenvalue weighted by atomic mass is 16.6. The summed E-state index contributed by atoms with van der Waals surface area (Å²) in [5, 5.41) is 0. The van der Waals surface area contributed by atoms with Gasteiger partial charge in [0.15, 0.2) is 6.10 Å². The summed E-state index contributed by atoms with van der Waals surface area (Å²) in [4.78, 5) is 38.5. The van der Waals surface area contributed by atoms with Crippen LogP contribution in [0.5, 0.6) is 0 Å². The molecule has 0 aromatic carbocycles. The van der Waals surface area contributed by atoms with Gasteiger partial charge in [-0.1, -0.05) is 360 Å². The summed E-state index contributed by atoms with van der Waals surface area (Å²) in [5.41, 5.74) is 0. The lowest BCUT2D eigenvalue weighted by Crippen LogP contribution is -2.30. The van der Waals surface area contributed by atoms with Gasteiger partial charge in [-0.25, -0.2) is 0 Å². The fourth-order valence-electron chi connectivity index (χ4n) is 11.6. The Bertz CT molecular complexity index is 1320. The first-order valence-electron chi connectivity index (χ1n) is 37.3. The van der Waals surface area contributed by atoms with E-state index in [-0.39, 0.29) is 31.1 Å². The monoisotopic (exact) mass is 1150 g/mol. The molecule has 0 aliphatic rings. The van der Waals surface area contributed by atoms with Gasteiger partial charge in [-0.3, -0.25) is 14.4 Å². The molecular formula is C76H144O6. The molecule has 0 aromatic heterocycles. The smallest absolute Gasteiger partial charge is 0.306 e. The molecular weight excluding hydrogens is 1010 g/mol. The maximum Gasteiger partial charge on any atom is 0.306 e. The van der Waals surface area contributed by atoms with E-state index in [2.05, 4.69) is 45.1 Å². The van der Waals surface area contributed by atoms with Crippen molar-refractivity contribution in [1.29, 1.82) is 0 Å². The van der Waals surface area contributed by atoms with Crippen molar-refractivity contribution >= 4 is 17.9 Å². The van der Waals surface area contributed by atoms with E-state index in [0.29, 0.717) is 19.3 Å². The van der Waals surface area contributed by atoms with Crippen molar-refractivity contribution in [3.05, 3.63) is 24.3 Å². The molecule has 0 aliphatic carbocycles. The van der Waals surface area contributed by atoms with Crippen LogP contribution in [-0.4, -0.2) is 37.2 Å². The molecule has 0 N–H and O–H groups in total. The van der Waals surface area contributed by atoms with Crippen molar-refractivity contribution in [1.82, 2.24) is 0 Å². The molecule has 0 spiro atoms. The zero-order valence-electron chi connectivity index (χ0n) is 55.8.